The van der Waals surface area contributed by atoms with Crippen molar-refractivity contribution in [1.29, 1.82) is 0 Å². The van der Waals surface area contributed by atoms with E-state index < -0.39 is 0 Å². The van der Waals surface area contributed by atoms with Crippen molar-refractivity contribution in [2.75, 3.05) is 9.80 Å². The molecule has 1 atom stereocenters. The monoisotopic (exact) mass is 768 g/mol. The van der Waals surface area contributed by atoms with Gasteiger partial charge in [-0.3, -0.25) is 0 Å². The molecule has 1 heterocycles. The summed E-state index contributed by atoms with van der Waals surface area (Å²) in [6, 6.07) is 79.7. The third kappa shape index (κ3) is 6.57. The van der Waals surface area contributed by atoms with E-state index in [-0.39, 0.29) is 0 Å². The average Bonchev–Trinajstić information content (AvgIpc) is 3.67. The first kappa shape index (κ1) is 35.7. The Morgan fingerprint density at radius 1 is 0.417 bits per heavy atom. The molecule has 9 aromatic rings. The zero-order valence-electron chi connectivity index (χ0n) is 33.5. The van der Waals surface area contributed by atoms with Crippen molar-refractivity contribution < 1.29 is 0 Å². The standard InChI is InChI=1S/C58H44N2/c1-2-12-41(13-3-1)43-28-34-49(35-29-43)59(50-36-30-44(31-37-50)42-24-26-47(27-25-42)54-21-11-15-46-14-4-5-18-53(46)54)51-38-32-45(33-39-51)48-16-10-17-52(40-48)60-57-22-8-6-19-55(57)56-20-7-9-23-58(56)60/h1-6,8,10-19,21-40,56H,7,9,20H2. The molecule has 0 radical (unpaired) electrons. The van der Waals surface area contributed by atoms with Crippen molar-refractivity contribution in [2.45, 2.75) is 25.2 Å². The minimum Gasteiger partial charge on any atom is -0.314 e. The Morgan fingerprint density at radius 3 is 1.63 bits per heavy atom. The molecule has 0 saturated heterocycles. The summed E-state index contributed by atoms with van der Waals surface area (Å²) in [7, 11) is 0. The Bertz CT molecular complexity index is 2980. The van der Waals surface area contributed by atoms with Crippen molar-refractivity contribution in [1.82, 2.24) is 0 Å². The summed E-state index contributed by atoms with van der Waals surface area (Å²) in [5.74, 6) is 0.487. The topological polar surface area (TPSA) is 6.48 Å². The highest BCUT2D eigenvalue weighted by atomic mass is 15.2. The maximum absolute atomic E-state index is 2.50. The van der Waals surface area contributed by atoms with Gasteiger partial charge < -0.3 is 9.80 Å². The number of anilines is 5. The highest BCUT2D eigenvalue weighted by Gasteiger charge is 2.35. The van der Waals surface area contributed by atoms with Gasteiger partial charge in [-0.2, -0.15) is 0 Å². The Morgan fingerprint density at radius 2 is 0.933 bits per heavy atom. The third-order valence-corrected chi connectivity index (χ3v) is 12.5. The predicted octanol–water partition coefficient (Wildman–Crippen LogP) is 16.3. The van der Waals surface area contributed by atoms with E-state index >= 15 is 0 Å². The van der Waals surface area contributed by atoms with Gasteiger partial charge in [-0.1, -0.05) is 170 Å². The molecule has 1 unspecified atom stereocenters. The molecule has 1 aliphatic carbocycles. The second-order valence-electron chi connectivity index (χ2n) is 16.0. The molecule has 2 aliphatic rings. The van der Waals surface area contributed by atoms with E-state index in [0.717, 1.165) is 23.5 Å². The van der Waals surface area contributed by atoms with Crippen LogP contribution in [0.3, 0.4) is 0 Å². The van der Waals surface area contributed by atoms with Crippen molar-refractivity contribution in [3.05, 3.63) is 236 Å². The van der Waals surface area contributed by atoms with Crippen LogP contribution in [0.4, 0.5) is 28.4 Å². The van der Waals surface area contributed by atoms with Crippen molar-refractivity contribution in [2.24, 2.45) is 0 Å². The SMILES string of the molecule is C1=C2C(CCC1)c1ccccc1N2c1cccc(-c2ccc(N(c3ccc(-c4ccccc4)cc3)c3ccc(-c4ccc(-c5cccc6ccccc56)cc4)cc3)cc2)c1. The van der Waals surface area contributed by atoms with Gasteiger partial charge >= 0.3 is 0 Å². The second kappa shape index (κ2) is 15.4. The van der Waals surface area contributed by atoms with Crippen LogP contribution in [0.5, 0.6) is 0 Å². The Labute approximate surface area is 353 Å². The fourth-order valence-electron chi connectivity index (χ4n) is 9.47. The minimum atomic E-state index is 0.487. The number of benzene rings is 9. The van der Waals surface area contributed by atoms with Gasteiger partial charge in [0.15, 0.2) is 0 Å². The van der Waals surface area contributed by atoms with Crippen molar-refractivity contribution >= 4 is 39.2 Å². The maximum atomic E-state index is 2.50. The first-order chi connectivity index (χ1) is 29.7. The molecular weight excluding hydrogens is 725 g/mol. The molecule has 2 nitrogen and oxygen atoms in total. The molecule has 60 heavy (non-hydrogen) atoms. The van der Waals surface area contributed by atoms with E-state index in [4.69, 9.17) is 0 Å². The van der Waals surface area contributed by atoms with Crippen LogP contribution < -0.4 is 9.80 Å². The predicted molar refractivity (Wildman–Crippen MR) is 254 cm³/mol. The molecule has 0 fully saturated rings. The van der Waals surface area contributed by atoms with E-state index in [1.54, 1.807) is 0 Å². The van der Waals surface area contributed by atoms with Crippen LogP contribution in [0, 0.1) is 0 Å². The van der Waals surface area contributed by atoms with Gasteiger partial charge in [-0.15, -0.1) is 0 Å². The molecule has 9 aromatic carbocycles. The van der Waals surface area contributed by atoms with E-state index in [1.807, 2.05) is 0 Å². The molecule has 2 heteroatoms. The van der Waals surface area contributed by atoms with E-state index in [0.29, 0.717) is 5.92 Å². The van der Waals surface area contributed by atoms with Gasteiger partial charge in [0.05, 0.1) is 0 Å². The summed E-state index contributed by atoms with van der Waals surface area (Å²) in [5, 5.41) is 2.54. The summed E-state index contributed by atoms with van der Waals surface area (Å²) >= 11 is 0. The van der Waals surface area contributed by atoms with Crippen molar-refractivity contribution in [3.8, 4) is 44.5 Å². The summed E-state index contributed by atoms with van der Waals surface area (Å²) in [6.07, 6.45) is 6.08. The number of para-hydroxylation sites is 1. The van der Waals surface area contributed by atoms with Gasteiger partial charge in [0, 0.05) is 40.1 Å². The minimum absolute atomic E-state index is 0.487. The van der Waals surface area contributed by atoms with Crippen LogP contribution >= 0.6 is 0 Å². The molecule has 0 aromatic heterocycles. The molecule has 0 bridgehead atoms. The summed E-state index contributed by atoms with van der Waals surface area (Å²) in [5.41, 5.74) is 18.5. The van der Waals surface area contributed by atoms with Crippen LogP contribution in [0.25, 0.3) is 55.3 Å². The number of nitrogens with zero attached hydrogens (tertiary/aromatic N) is 2. The van der Waals surface area contributed by atoms with Crippen LogP contribution in [0.1, 0.15) is 30.7 Å². The first-order valence-electron chi connectivity index (χ1n) is 21.2. The second-order valence-corrected chi connectivity index (χ2v) is 16.0. The van der Waals surface area contributed by atoms with Gasteiger partial charge in [0.25, 0.3) is 0 Å². The number of allylic oxidation sites excluding steroid dienone is 2. The lowest BCUT2D eigenvalue weighted by molar-refractivity contribution is 0.634. The molecule has 1 aliphatic heterocycles. The summed E-state index contributed by atoms with van der Waals surface area (Å²) in [4.78, 5) is 4.86. The summed E-state index contributed by atoms with van der Waals surface area (Å²) in [6.45, 7) is 0. The number of hydrogen-bond donors (Lipinski definition) is 0. The third-order valence-electron chi connectivity index (χ3n) is 12.5. The fraction of sp³-hybridized carbons (Fsp3) is 0.0690. The largest absolute Gasteiger partial charge is 0.314 e. The lowest BCUT2D eigenvalue weighted by Crippen LogP contribution is -2.15. The maximum Gasteiger partial charge on any atom is 0.0497 e. The highest BCUT2D eigenvalue weighted by Crippen LogP contribution is 2.52. The Hall–Kier alpha value is -7.42. The average molecular weight is 769 g/mol. The van der Waals surface area contributed by atoms with Crippen LogP contribution in [0.2, 0.25) is 0 Å². The zero-order valence-corrected chi connectivity index (χ0v) is 33.5. The molecule has 286 valence electrons. The van der Waals surface area contributed by atoms with Gasteiger partial charge in [0.1, 0.15) is 0 Å². The lowest BCUT2D eigenvalue weighted by Gasteiger charge is -2.27. The molecule has 0 spiro atoms. The molecule has 11 rings (SSSR count). The van der Waals surface area contributed by atoms with Gasteiger partial charge in [-0.05, 0) is 135 Å². The van der Waals surface area contributed by atoms with E-state index in [2.05, 4.69) is 234 Å². The number of hydrogen-bond acceptors (Lipinski definition) is 2. The summed E-state index contributed by atoms with van der Waals surface area (Å²) < 4.78 is 0. The molecule has 0 saturated carbocycles. The van der Waals surface area contributed by atoms with Crippen LogP contribution in [0.15, 0.2) is 230 Å². The Kier molecular flexibility index (Phi) is 9.17. The highest BCUT2D eigenvalue weighted by molar-refractivity contribution is 5.97. The van der Waals surface area contributed by atoms with Crippen LogP contribution in [-0.4, -0.2) is 0 Å². The van der Waals surface area contributed by atoms with E-state index in [9.17, 15) is 0 Å². The quantitative estimate of drug-likeness (QED) is 0.152. The Balaban J connectivity index is 0.912. The van der Waals surface area contributed by atoms with Crippen LogP contribution in [-0.2, 0) is 0 Å². The molecule has 0 N–H and O–H groups in total. The smallest absolute Gasteiger partial charge is 0.0497 e. The molecule has 0 amide bonds. The first-order valence-corrected chi connectivity index (χ1v) is 21.2. The van der Waals surface area contributed by atoms with Gasteiger partial charge in [0.2, 0.25) is 0 Å². The van der Waals surface area contributed by atoms with E-state index in [1.165, 1.54) is 90.8 Å². The fourth-order valence-corrected chi connectivity index (χ4v) is 9.47. The van der Waals surface area contributed by atoms with Gasteiger partial charge in [-0.25, -0.2) is 0 Å². The number of rotatable bonds is 8. The van der Waals surface area contributed by atoms with Crippen molar-refractivity contribution in [3.63, 3.8) is 0 Å². The molecular formula is C58H44N2. The number of fused-ring (bicyclic) bond motifs is 4. The normalized spacial score (nSPS) is 14.4. The zero-order chi connectivity index (χ0) is 39.8. The lowest BCUT2D eigenvalue weighted by atomic mass is 9.89.